The van der Waals surface area contributed by atoms with E-state index in [1.54, 1.807) is 12.1 Å². The van der Waals surface area contributed by atoms with E-state index in [2.05, 4.69) is 27.3 Å². The third kappa shape index (κ3) is 26.7. The van der Waals surface area contributed by atoms with Crippen LogP contribution in [0.25, 0.3) is 0 Å². The molecule has 0 aliphatic carbocycles. The van der Waals surface area contributed by atoms with Gasteiger partial charge < -0.3 is 30.6 Å². The van der Waals surface area contributed by atoms with Gasteiger partial charge in [0.1, 0.15) is 24.5 Å². The van der Waals surface area contributed by atoms with Crippen molar-refractivity contribution in [1.82, 2.24) is 15.6 Å². The highest BCUT2D eigenvalue weighted by molar-refractivity contribution is 6.29. The van der Waals surface area contributed by atoms with Crippen LogP contribution in [0.3, 0.4) is 0 Å². The van der Waals surface area contributed by atoms with E-state index in [-0.39, 0.29) is 19.1 Å². The molecule has 0 radical (unpaired) electrons. The van der Waals surface area contributed by atoms with Gasteiger partial charge in [0.05, 0.1) is 5.56 Å². The fraction of sp³-hybridized carbons (Fsp3) is 0.750. The molecule has 0 aliphatic rings. The van der Waals surface area contributed by atoms with Gasteiger partial charge in [0.15, 0.2) is 0 Å². The lowest BCUT2D eigenvalue weighted by molar-refractivity contribution is -0.00291. The Morgan fingerprint density at radius 3 is 1.74 bits per heavy atom. The third-order valence-electron chi connectivity index (χ3n) is 6.77. The fourth-order valence-electron chi connectivity index (χ4n) is 4.22. The van der Waals surface area contributed by atoms with Crippen molar-refractivity contribution in [2.75, 3.05) is 33.4 Å². The van der Waals surface area contributed by atoms with E-state index in [9.17, 15) is 14.4 Å². The first-order chi connectivity index (χ1) is 20.8. The van der Waals surface area contributed by atoms with E-state index in [1.807, 2.05) is 6.92 Å². The van der Waals surface area contributed by atoms with Gasteiger partial charge >= 0.3 is 12.2 Å². The summed E-state index contributed by atoms with van der Waals surface area (Å²) in [5, 5.41) is 5.78. The minimum absolute atomic E-state index is 0.00850. The Balaban J connectivity index is 0.00000121. The number of unbranched alkanes of at least 4 members (excludes halogenated alkanes) is 15. The Morgan fingerprint density at radius 1 is 0.791 bits per heavy atom. The maximum atomic E-state index is 11.6. The zero-order valence-corrected chi connectivity index (χ0v) is 27.6. The van der Waals surface area contributed by atoms with E-state index in [0.29, 0.717) is 23.8 Å². The van der Waals surface area contributed by atoms with Crippen LogP contribution in [0.2, 0.25) is 5.15 Å². The Labute approximate surface area is 264 Å². The van der Waals surface area contributed by atoms with Crippen molar-refractivity contribution in [3.05, 3.63) is 29.0 Å². The maximum absolute atomic E-state index is 11.6. The molecule has 0 saturated heterocycles. The number of hydrogen-bond acceptors (Lipinski definition) is 7. The molecule has 1 unspecified atom stereocenters. The van der Waals surface area contributed by atoms with E-state index in [4.69, 9.17) is 26.8 Å². The van der Waals surface area contributed by atoms with Crippen LogP contribution in [0, 0.1) is 0 Å². The van der Waals surface area contributed by atoms with Crippen LogP contribution in [0.15, 0.2) is 18.3 Å². The summed E-state index contributed by atoms with van der Waals surface area (Å²) in [6.45, 7) is 5.31. The van der Waals surface area contributed by atoms with Gasteiger partial charge in [-0.2, -0.15) is 0 Å². The number of methoxy groups -OCH3 is 1. The molecule has 1 atom stereocenters. The van der Waals surface area contributed by atoms with Gasteiger partial charge in [0.2, 0.25) is 0 Å². The number of nitrogens with one attached hydrogen (secondary N) is 2. The zero-order chi connectivity index (χ0) is 32.0. The molecule has 11 heteroatoms. The van der Waals surface area contributed by atoms with Crippen molar-refractivity contribution >= 4 is 29.7 Å². The normalized spacial score (nSPS) is 11.2. The molecule has 3 amide bonds. The van der Waals surface area contributed by atoms with Crippen LogP contribution < -0.4 is 16.4 Å². The lowest BCUT2D eigenvalue weighted by Crippen LogP contribution is -2.32. The number of hydrogen-bond donors (Lipinski definition) is 3. The molecular weight excluding hydrogens is 572 g/mol. The number of carbonyl (C=O) groups is 3. The Kier molecular flexibility index (Phi) is 27.7. The number of halogens is 1. The fourth-order valence-corrected chi connectivity index (χ4v) is 4.33. The number of aromatic nitrogens is 1. The summed E-state index contributed by atoms with van der Waals surface area (Å²) in [7, 11) is 1.45. The standard InChI is InChI=1S/C24H48N2O5.C8H9ClN2O/c1-3-4-5-6-7-8-9-10-11-12-13-14-15-16-17-18-19-26-24(28)31-21-22(29-2)20-30-23(25)27;1-2-10-8(12)6-3-4-7(9)11-5-6/h22H,3-21H2,1-2H3,(H2,25,27)(H,26,28);3-5H,2H2,1H3,(H,10,12). The second-order valence-electron chi connectivity index (χ2n) is 10.5. The van der Waals surface area contributed by atoms with Gasteiger partial charge in [0, 0.05) is 26.4 Å². The van der Waals surface area contributed by atoms with Crippen LogP contribution in [0.1, 0.15) is 127 Å². The summed E-state index contributed by atoms with van der Waals surface area (Å²) in [6.07, 6.45) is 20.8. The Hall–Kier alpha value is -2.59. The molecule has 4 N–H and O–H groups in total. The molecule has 1 rings (SSSR count). The Bertz CT molecular complexity index is 829. The second-order valence-corrected chi connectivity index (χ2v) is 10.9. The van der Waals surface area contributed by atoms with Gasteiger partial charge in [-0.1, -0.05) is 115 Å². The third-order valence-corrected chi connectivity index (χ3v) is 7.00. The molecule has 10 nitrogen and oxygen atoms in total. The number of primary amides is 1. The zero-order valence-electron chi connectivity index (χ0n) is 26.8. The number of nitrogens with two attached hydrogens (primary N) is 1. The summed E-state index contributed by atoms with van der Waals surface area (Å²) in [4.78, 5) is 37.2. The first-order valence-electron chi connectivity index (χ1n) is 16.1. The summed E-state index contributed by atoms with van der Waals surface area (Å²) in [5.41, 5.74) is 5.42. The molecule has 1 aromatic heterocycles. The summed E-state index contributed by atoms with van der Waals surface area (Å²) < 4.78 is 14.7. The van der Waals surface area contributed by atoms with Crippen LogP contribution in [0.5, 0.6) is 0 Å². The van der Waals surface area contributed by atoms with Gasteiger partial charge in [-0.25, -0.2) is 14.6 Å². The van der Waals surface area contributed by atoms with Crippen molar-refractivity contribution in [2.45, 2.75) is 123 Å². The molecule has 0 fully saturated rings. The quantitative estimate of drug-likeness (QED) is 0.0791. The van der Waals surface area contributed by atoms with Gasteiger partial charge in [-0.3, -0.25) is 4.79 Å². The number of alkyl carbamates (subject to hydrolysis) is 1. The summed E-state index contributed by atoms with van der Waals surface area (Å²) in [6, 6.07) is 3.23. The van der Waals surface area contributed by atoms with Crippen molar-refractivity contribution in [3.8, 4) is 0 Å². The minimum Gasteiger partial charge on any atom is -0.447 e. The smallest absolute Gasteiger partial charge is 0.407 e. The highest BCUT2D eigenvalue weighted by Crippen LogP contribution is 2.13. The van der Waals surface area contributed by atoms with Gasteiger partial charge in [-0.05, 0) is 25.5 Å². The van der Waals surface area contributed by atoms with Crippen LogP contribution in [0.4, 0.5) is 9.59 Å². The van der Waals surface area contributed by atoms with Crippen LogP contribution in [-0.2, 0) is 14.2 Å². The highest BCUT2D eigenvalue weighted by atomic mass is 35.5. The van der Waals surface area contributed by atoms with Gasteiger partial charge in [-0.15, -0.1) is 0 Å². The predicted octanol–water partition coefficient (Wildman–Crippen LogP) is 7.57. The lowest BCUT2D eigenvalue weighted by atomic mass is 10.0. The average Bonchev–Trinajstić information content (AvgIpc) is 2.99. The molecule has 1 aromatic rings. The van der Waals surface area contributed by atoms with Gasteiger partial charge in [0.25, 0.3) is 5.91 Å². The van der Waals surface area contributed by atoms with Crippen LogP contribution >= 0.6 is 11.6 Å². The Morgan fingerprint density at radius 2 is 1.30 bits per heavy atom. The topological polar surface area (TPSA) is 142 Å². The monoisotopic (exact) mass is 628 g/mol. The number of carbonyl (C=O) groups excluding carboxylic acids is 3. The SMILES string of the molecule is CCCCCCCCCCCCCCCCCCNC(=O)OCC(COC(N)=O)OC.CCNC(=O)c1ccc(Cl)nc1. The van der Waals surface area contributed by atoms with Crippen molar-refractivity contribution in [2.24, 2.45) is 5.73 Å². The van der Waals surface area contributed by atoms with E-state index in [0.717, 1.165) is 12.8 Å². The van der Waals surface area contributed by atoms with E-state index < -0.39 is 18.3 Å². The van der Waals surface area contributed by atoms with Crippen molar-refractivity contribution in [1.29, 1.82) is 0 Å². The summed E-state index contributed by atoms with van der Waals surface area (Å²) in [5.74, 6) is -0.123. The van der Waals surface area contributed by atoms with E-state index in [1.165, 1.54) is 103 Å². The molecule has 0 spiro atoms. The average molecular weight is 629 g/mol. The molecule has 0 saturated carbocycles. The van der Waals surface area contributed by atoms with Crippen molar-refractivity contribution < 1.29 is 28.6 Å². The largest absolute Gasteiger partial charge is 0.447 e. The summed E-state index contributed by atoms with van der Waals surface area (Å²) >= 11 is 5.55. The van der Waals surface area contributed by atoms with Crippen molar-refractivity contribution in [3.63, 3.8) is 0 Å². The molecule has 0 bridgehead atoms. The number of amides is 3. The number of nitrogens with zero attached hydrogens (tertiary/aromatic N) is 1. The molecule has 1 heterocycles. The lowest BCUT2D eigenvalue weighted by Gasteiger charge is -2.15. The number of pyridine rings is 1. The first kappa shape index (κ1) is 40.4. The second kappa shape index (κ2) is 29.5. The molecule has 43 heavy (non-hydrogen) atoms. The number of rotatable bonds is 24. The number of ether oxygens (including phenoxy) is 3. The molecule has 0 aliphatic heterocycles. The maximum Gasteiger partial charge on any atom is 0.407 e. The highest BCUT2D eigenvalue weighted by Gasteiger charge is 2.12. The molecular formula is C32H57ClN4O6. The predicted molar refractivity (Wildman–Crippen MR) is 172 cm³/mol. The first-order valence-corrected chi connectivity index (χ1v) is 16.5. The van der Waals surface area contributed by atoms with Crippen LogP contribution in [-0.4, -0.2) is 62.6 Å². The molecule has 248 valence electrons. The van der Waals surface area contributed by atoms with E-state index >= 15 is 0 Å². The molecule has 0 aromatic carbocycles. The minimum atomic E-state index is -0.880.